The van der Waals surface area contributed by atoms with E-state index in [1.807, 2.05) is 0 Å². The monoisotopic (exact) mass is 284 g/mol. The quantitative estimate of drug-likeness (QED) is 0.626. The Balaban J connectivity index is 1.63. The number of hydrogen-bond acceptors (Lipinski definition) is 6. The van der Waals surface area contributed by atoms with Gasteiger partial charge in [-0.2, -0.15) is 0 Å². The van der Waals surface area contributed by atoms with E-state index in [1.54, 1.807) is 7.05 Å². The molecule has 0 aliphatic heterocycles. The van der Waals surface area contributed by atoms with Gasteiger partial charge in [-0.1, -0.05) is 11.3 Å². The van der Waals surface area contributed by atoms with E-state index >= 15 is 0 Å². The van der Waals surface area contributed by atoms with Gasteiger partial charge in [-0.15, -0.1) is 0 Å². The molecule has 4 N–H and O–H groups in total. The van der Waals surface area contributed by atoms with Gasteiger partial charge in [0, 0.05) is 26.8 Å². The number of thiazole rings is 1. The summed E-state index contributed by atoms with van der Waals surface area (Å²) < 4.78 is 5.49. The zero-order valence-electron chi connectivity index (χ0n) is 11.1. The van der Waals surface area contributed by atoms with Crippen molar-refractivity contribution < 1.29 is 9.53 Å². The lowest BCUT2D eigenvalue weighted by Crippen LogP contribution is -2.25. The number of aromatic nitrogens is 1. The topological polar surface area (TPSA) is 89.3 Å². The molecule has 0 bridgehead atoms. The number of carbonyl (C=O) groups excluding carboxylic acids is 1. The van der Waals surface area contributed by atoms with Crippen molar-refractivity contribution in [3.8, 4) is 0 Å². The second kappa shape index (κ2) is 6.72. The van der Waals surface area contributed by atoms with Gasteiger partial charge < -0.3 is 21.1 Å². The van der Waals surface area contributed by atoms with E-state index in [4.69, 9.17) is 10.5 Å². The highest BCUT2D eigenvalue weighted by Crippen LogP contribution is 2.28. The molecule has 0 spiro atoms. The van der Waals surface area contributed by atoms with Crippen LogP contribution in [-0.2, 0) is 4.74 Å². The van der Waals surface area contributed by atoms with Gasteiger partial charge in [0.2, 0.25) is 0 Å². The SMILES string of the molecule is CNc1nc(N)c(C(=O)NCCCOCC2CC2)s1. The number of nitrogens with one attached hydrogen (secondary N) is 2. The molecule has 1 heterocycles. The Morgan fingerprint density at radius 3 is 3.00 bits per heavy atom. The first-order chi connectivity index (χ1) is 9.20. The fourth-order valence-corrected chi connectivity index (χ4v) is 2.35. The van der Waals surface area contributed by atoms with Crippen LogP contribution in [0.5, 0.6) is 0 Å². The highest BCUT2D eigenvalue weighted by Gasteiger charge is 2.20. The average Bonchev–Trinajstić information content (AvgIpc) is 3.14. The number of nitrogen functional groups attached to an aromatic ring is 1. The summed E-state index contributed by atoms with van der Waals surface area (Å²) in [5, 5.41) is 6.34. The molecule has 1 aliphatic rings. The molecule has 6 nitrogen and oxygen atoms in total. The Morgan fingerprint density at radius 2 is 2.37 bits per heavy atom. The van der Waals surface area contributed by atoms with Gasteiger partial charge in [-0.05, 0) is 25.2 Å². The van der Waals surface area contributed by atoms with Crippen LogP contribution in [0.4, 0.5) is 10.9 Å². The summed E-state index contributed by atoms with van der Waals surface area (Å²) in [6, 6.07) is 0. The van der Waals surface area contributed by atoms with E-state index in [-0.39, 0.29) is 11.7 Å². The van der Waals surface area contributed by atoms with Crippen molar-refractivity contribution in [3.63, 3.8) is 0 Å². The van der Waals surface area contributed by atoms with Crippen molar-refractivity contribution in [2.45, 2.75) is 19.3 Å². The maximum absolute atomic E-state index is 11.9. The number of nitrogens with zero attached hydrogens (tertiary/aromatic N) is 1. The highest BCUT2D eigenvalue weighted by molar-refractivity contribution is 7.18. The minimum atomic E-state index is -0.168. The van der Waals surface area contributed by atoms with Gasteiger partial charge in [-0.25, -0.2) is 4.98 Å². The van der Waals surface area contributed by atoms with Gasteiger partial charge in [-0.3, -0.25) is 4.79 Å². The van der Waals surface area contributed by atoms with Crippen molar-refractivity contribution in [2.24, 2.45) is 5.92 Å². The molecule has 1 aromatic rings. The van der Waals surface area contributed by atoms with E-state index in [1.165, 1.54) is 24.2 Å². The van der Waals surface area contributed by atoms with Gasteiger partial charge in [0.05, 0.1) is 0 Å². The summed E-state index contributed by atoms with van der Waals surface area (Å²) in [5.74, 6) is 0.891. The molecular weight excluding hydrogens is 264 g/mol. The van der Waals surface area contributed by atoms with Gasteiger partial charge in [0.1, 0.15) is 10.7 Å². The van der Waals surface area contributed by atoms with E-state index < -0.39 is 0 Å². The van der Waals surface area contributed by atoms with Crippen molar-refractivity contribution >= 4 is 28.2 Å². The molecule has 0 saturated heterocycles. The number of hydrogen-bond donors (Lipinski definition) is 3. The number of amides is 1. The first kappa shape index (κ1) is 14.1. The van der Waals surface area contributed by atoms with Gasteiger partial charge >= 0.3 is 0 Å². The molecule has 19 heavy (non-hydrogen) atoms. The van der Waals surface area contributed by atoms with E-state index in [0.29, 0.717) is 23.2 Å². The predicted molar refractivity (Wildman–Crippen MR) is 76.6 cm³/mol. The molecule has 1 aromatic heterocycles. The third kappa shape index (κ3) is 4.36. The summed E-state index contributed by atoms with van der Waals surface area (Å²) in [7, 11) is 1.75. The average molecular weight is 284 g/mol. The predicted octanol–water partition coefficient (Wildman–Crippen LogP) is 1.31. The fourth-order valence-electron chi connectivity index (χ4n) is 1.59. The molecular formula is C12H20N4O2S. The van der Waals surface area contributed by atoms with Crippen LogP contribution in [0.25, 0.3) is 0 Å². The molecule has 0 unspecified atom stereocenters. The Kier molecular flexibility index (Phi) is 4.98. The number of anilines is 2. The van der Waals surface area contributed by atoms with Crippen LogP contribution in [-0.4, -0.2) is 37.7 Å². The maximum atomic E-state index is 11.9. The molecule has 1 fully saturated rings. The van der Waals surface area contributed by atoms with E-state index in [0.717, 1.165) is 18.9 Å². The van der Waals surface area contributed by atoms with Crippen LogP contribution < -0.4 is 16.4 Å². The lowest BCUT2D eigenvalue weighted by molar-refractivity contribution is 0.0942. The second-order valence-corrected chi connectivity index (χ2v) is 5.61. The van der Waals surface area contributed by atoms with Crippen LogP contribution in [0.1, 0.15) is 28.9 Å². The summed E-state index contributed by atoms with van der Waals surface area (Å²) in [4.78, 5) is 16.4. The molecule has 7 heteroatoms. The van der Waals surface area contributed by atoms with Crippen LogP contribution in [0.3, 0.4) is 0 Å². The zero-order valence-corrected chi connectivity index (χ0v) is 11.9. The second-order valence-electron chi connectivity index (χ2n) is 4.61. The number of ether oxygens (including phenoxy) is 1. The summed E-state index contributed by atoms with van der Waals surface area (Å²) in [6.45, 7) is 2.15. The zero-order chi connectivity index (χ0) is 13.7. The maximum Gasteiger partial charge on any atom is 0.265 e. The first-order valence-corrected chi connectivity index (χ1v) is 7.32. The minimum absolute atomic E-state index is 0.168. The molecule has 1 saturated carbocycles. The molecule has 1 amide bonds. The Morgan fingerprint density at radius 1 is 1.58 bits per heavy atom. The van der Waals surface area contributed by atoms with Gasteiger partial charge in [0.15, 0.2) is 5.13 Å². The van der Waals surface area contributed by atoms with Crippen LogP contribution >= 0.6 is 11.3 Å². The smallest absolute Gasteiger partial charge is 0.265 e. The lowest BCUT2D eigenvalue weighted by atomic mass is 10.4. The van der Waals surface area contributed by atoms with Crippen molar-refractivity contribution in [1.82, 2.24) is 10.3 Å². The van der Waals surface area contributed by atoms with Crippen molar-refractivity contribution in [1.29, 1.82) is 0 Å². The fraction of sp³-hybridized carbons (Fsp3) is 0.667. The lowest BCUT2D eigenvalue weighted by Gasteiger charge is -2.05. The molecule has 2 rings (SSSR count). The molecule has 0 aromatic carbocycles. The van der Waals surface area contributed by atoms with Crippen LogP contribution in [0.15, 0.2) is 0 Å². The van der Waals surface area contributed by atoms with E-state index in [2.05, 4.69) is 15.6 Å². The highest BCUT2D eigenvalue weighted by atomic mass is 32.1. The normalized spacial score (nSPS) is 14.4. The summed E-state index contributed by atoms with van der Waals surface area (Å²) in [5.41, 5.74) is 5.68. The van der Waals surface area contributed by atoms with Crippen molar-refractivity contribution in [3.05, 3.63) is 4.88 Å². The number of rotatable bonds is 8. The third-order valence-electron chi connectivity index (χ3n) is 2.87. The van der Waals surface area contributed by atoms with Crippen molar-refractivity contribution in [2.75, 3.05) is 37.9 Å². The van der Waals surface area contributed by atoms with Crippen LogP contribution in [0, 0.1) is 5.92 Å². The number of carbonyl (C=O) groups is 1. The number of nitrogens with two attached hydrogens (primary N) is 1. The van der Waals surface area contributed by atoms with E-state index in [9.17, 15) is 4.79 Å². The Hall–Kier alpha value is -1.34. The molecule has 0 radical (unpaired) electrons. The molecule has 1 aliphatic carbocycles. The Labute approximate surface area is 116 Å². The molecule has 106 valence electrons. The van der Waals surface area contributed by atoms with Crippen LogP contribution in [0.2, 0.25) is 0 Å². The Bertz CT molecular complexity index is 431. The standard InChI is InChI=1S/C12H20N4O2S/c1-14-12-16-10(13)9(19-12)11(17)15-5-2-6-18-7-8-3-4-8/h8H,2-7,13H2,1H3,(H,14,16)(H,15,17). The first-order valence-electron chi connectivity index (χ1n) is 6.50. The summed E-state index contributed by atoms with van der Waals surface area (Å²) in [6.07, 6.45) is 3.42. The third-order valence-corrected chi connectivity index (χ3v) is 3.96. The minimum Gasteiger partial charge on any atom is -0.382 e. The summed E-state index contributed by atoms with van der Waals surface area (Å²) >= 11 is 1.26. The largest absolute Gasteiger partial charge is 0.382 e. The van der Waals surface area contributed by atoms with Gasteiger partial charge in [0.25, 0.3) is 5.91 Å². The molecule has 0 atom stereocenters.